The van der Waals surface area contributed by atoms with Crippen molar-refractivity contribution in [1.29, 1.82) is 0 Å². The number of aromatic nitrogens is 3. The fourth-order valence-electron chi connectivity index (χ4n) is 2.75. The molecule has 0 saturated carbocycles. The number of aliphatic hydroxyl groups is 1. The van der Waals surface area contributed by atoms with Gasteiger partial charge in [-0.25, -0.2) is 4.68 Å². The number of ether oxygens (including phenoxy) is 1. The number of likely N-dealkylation sites (tertiary alicyclic amines) is 1. The van der Waals surface area contributed by atoms with Gasteiger partial charge in [-0.3, -0.25) is 4.79 Å². The lowest BCUT2D eigenvalue weighted by Gasteiger charge is -2.23. The molecule has 0 bridgehead atoms. The molecule has 0 radical (unpaired) electrons. The topological polar surface area (TPSA) is 80.5 Å². The highest BCUT2D eigenvalue weighted by molar-refractivity contribution is 5.76. The van der Waals surface area contributed by atoms with Gasteiger partial charge in [-0.15, -0.1) is 5.10 Å². The summed E-state index contributed by atoms with van der Waals surface area (Å²) in [5.41, 5.74) is -0.941. The maximum atomic E-state index is 12.2. The number of rotatable bonds is 6. The van der Waals surface area contributed by atoms with Gasteiger partial charge < -0.3 is 14.7 Å². The van der Waals surface area contributed by atoms with Gasteiger partial charge in [-0.05, 0) is 18.6 Å². The molecule has 7 nitrogen and oxygen atoms in total. The number of hydrogen-bond donors (Lipinski definition) is 1. The van der Waals surface area contributed by atoms with E-state index in [0.717, 1.165) is 5.75 Å². The third-order valence-corrected chi connectivity index (χ3v) is 3.94. The number of benzene rings is 1. The summed E-state index contributed by atoms with van der Waals surface area (Å²) in [5.74, 6) is 0.750. The van der Waals surface area contributed by atoms with E-state index in [4.69, 9.17) is 4.74 Å². The summed E-state index contributed by atoms with van der Waals surface area (Å²) in [6.07, 6.45) is 4.12. The first-order valence-corrected chi connectivity index (χ1v) is 7.67. The lowest BCUT2D eigenvalue weighted by Crippen LogP contribution is -2.39. The molecule has 3 rings (SSSR count). The molecule has 1 N–H and O–H groups in total. The zero-order chi connectivity index (χ0) is 16.1. The molecule has 1 aliphatic heterocycles. The van der Waals surface area contributed by atoms with E-state index in [9.17, 15) is 9.90 Å². The minimum absolute atomic E-state index is 0.00422. The predicted molar refractivity (Wildman–Crippen MR) is 82.7 cm³/mol. The molecule has 122 valence electrons. The number of hydrogen-bond acceptors (Lipinski definition) is 5. The van der Waals surface area contributed by atoms with Crippen LogP contribution in [0.3, 0.4) is 0 Å². The third-order valence-electron chi connectivity index (χ3n) is 3.94. The van der Waals surface area contributed by atoms with Crippen LogP contribution < -0.4 is 4.74 Å². The van der Waals surface area contributed by atoms with Gasteiger partial charge in [-0.1, -0.05) is 23.4 Å². The van der Waals surface area contributed by atoms with Crippen molar-refractivity contribution in [2.75, 3.05) is 19.7 Å². The van der Waals surface area contributed by atoms with E-state index in [0.29, 0.717) is 39.1 Å². The summed E-state index contributed by atoms with van der Waals surface area (Å²) in [4.78, 5) is 13.9. The Kier molecular flexibility index (Phi) is 4.57. The van der Waals surface area contributed by atoms with Crippen molar-refractivity contribution in [2.24, 2.45) is 0 Å². The number of carbonyl (C=O) groups is 1. The van der Waals surface area contributed by atoms with Crippen molar-refractivity contribution < 1.29 is 14.6 Å². The predicted octanol–water partition coefficient (Wildman–Crippen LogP) is 0.711. The standard InChI is InChI=1S/C16H20N4O3/c21-15(6-11-23-14-4-2-1-3-5-14)19-9-7-16(22,12-19)13-20-10-8-17-18-20/h1-5,8,10,22H,6-7,9,11-13H2. The molecule has 1 unspecified atom stereocenters. The van der Waals surface area contributed by atoms with E-state index >= 15 is 0 Å². The van der Waals surface area contributed by atoms with E-state index in [1.807, 2.05) is 30.3 Å². The average Bonchev–Trinajstić information content (AvgIpc) is 3.18. The highest BCUT2D eigenvalue weighted by Gasteiger charge is 2.38. The van der Waals surface area contributed by atoms with Crippen LogP contribution in [-0.4, -0.2) is 56.2 Å². The summed E-state index contributed by atoms with van der Waals surface area (Å²) in [5, 5.41) is 18.2. The van der Waals surface area contributed by atoms with Crippen LogP contribution in [0.4, 0.5) is 0 Å². The van der Waals surface area contributed by atoms with Gasteiger partial charge >= 0.3 is 0 Å². The van der Waals surface area contributed by atoms with Crippen molar-refractivity contribution >= 4 is 5.91 Å². The Morgan fingerprint density at radius 1 is 1.35 bits per heavy atom. The van der Waals surface area contributed by atoms with Gasteiger partial charge in [-0.2, -0.15) is 0 Å². The Labute approximate surface area is 134 Å². The molecular weight excluding hydrogens is 296 g/mol. The number of β-amino-alcohol motifs (C(OH)–C–C–N with tert-alkyl or cyclic N) is 1. The summed E-state index contributed by atoms with van der Waals surface area (Å²) in [6, 6.07) is 9.41. The number of amides is 1. The molecule has 23 heavy (non-hydrogen) atoms. The van der Waals surface area contributed by atoms with Crippen molar-refractivity contribution in [3.05, 3.63) is 42.7 Å². The van der Waals surface area contributed by atoms with Crippen LogP contribution in [0.1, 0.15) is 12.8 Å². The minimum atomic E-state index is -0.941. The van der Waals surface area contributed by atoms with Crippen LogP contribution in [0, 0.1) is 0 Å². The minimum Gasteiger partial charge on any atom is -0.493 e. The van der Waals surface area contributed by atoms with Crippen molar-refractivity contribution in [2.45, 2.75) is 25.0 Å². The van der Waals surface area contributed by atoms with Gasteiger partial charge in [0, 0.05) is 12.7 Å². The van der Waals surface area contributed by atoms with Gasteiger partial charge in [0.25, 0.3) is 0 Å². The lowest BCUT2D eigenvalue weighted by molar-refractivity contribution is -0.131. The number of carbonyl (C=O) groups excluding carboxylic acids is 1. The van der Waals surface area contributed by atoms with Gasteiger partial charge in [0.1, 0.15) is 11.4 Å². The molecule has 1 aromatic heterocycles. The van der Waals surface area contributed by atoms with Crippen LogP contribution in [0.15, 0.2) is 42.7 Å². The van der Waals surface area contributed by atoms with E-state index in [1.54, 1.807) is 22.0 Å². The quantitative estimate of drug-likeness (QED) is 0.849. The van der Waals surface area contributed by atoms with Gasteiger partial charge in [0.2, 0.25) is 5.91 Å². The molecule has 2 heterocycles. The largest absolute Gasteiger partial charge is 0.493 e. The van der Waals surface area contributed by atoms with Crippen molar-refractivity contribution in [3.63, 3.8) is 0 Å². The molecule has 0 aliphatic carbocycles. The molecule has 1 amide bonds. The molecule has 0 spiro atoms. The number of para-hydroxylation sites is 1. The first-order chi connectivity index (χ1) is 11.1. The SMILES string of the molecule is O=C(CCOc1ccccc1)N1CCC(O)(Cn2ccnn2)C1. The van der Waals surface area contributed by atoms with E-state index in [1.165, 1.54) is 0 Å². The monoisotopic (exact) mass is 316 g/mol. The first-order valence-electron chi connectivity index (χ1n) is 7.67. The molecule has 1 saturated heterocycles. The zero-order valence-electron chi connectivity index (χ0n) is 12.8. The fraction of sp³-hybridized carbons (Fsp3) is 0.438. The second-order valence-corrected chi connectivity index (χ2v) is 5.80. The second kappa shape index (κ2) is 6.78. The van der Waals surface area contributed by atoms with Gasteiger partial charge in [0.15, 0.2) is 0 Å². The third kappa shape index (κ3) is 4.07. The fourth-order valence-corrected chi connectivity index (χ4v) is 2.75. The summed E-state index contributed by atoms with van der Waals surface area (Å²) >= 11 is 0. The molecule has 2 aromatic rings. The second-order valence-electron chi connectivity index (χ2n) is 5.80. The Morgan fingerprint density at radius 2 is 2.17 bits per heavy atom. The maximum Gasteiger partial charge on any atom is 0.226 e. The molecule has 1 aromatic carbocycles. The van der Waals surface area contributed by atoms with Crippen LogP contribution >= 0.6 is 0 Å². The molecule has 7 heteroatoms. The Morgan fingerprint density at radius 3 is 2.91 bits per heavy atom. The zero-order valence-corrected chi connectivity index (χ0v) is 12.8. The van der Waals surface area contributed by atoms with Crippen LogP contribution in [-0.2, 0) is 11.3 Å². The number of nitrogens with zero attached hydrogens (tertiary/aromatic N) is 4. The molecular formula is C16H20N4O3. The van der Waals surface area contributed by atoms with E-state index in [-0.39, 0.29) is 5.91 Å². The molecule has 1 fully saturated rings. The van der Waals surface area contributed by atoms with E-state index < -0.39 is 5.60 Å². The Bertz CT molecular complexity index is 632. The molecule has 1 atom stereocenters. The Hall–Kier alpha value is -2.41. The summed E-state index contributed by atoms with van der Waals surface area (Å²) in [7, 11) is 0. The van der Waals surface area contributed by atoms with E-state index in [2.05, 4.69) is 10.3 Å². The van der Waals surface area contributed by atoms with Crippen LogP contribution in [0.25, 0.3) is 0 Å². The highest BCUT2D eigenvalue weighted by atomic mass is 16.5. The van der Waals surface area contributed by atoms with Gasteiger partial charge in [0.05, 0.1) is 32.3 Å². The van der Waals surface area contributed by atoms with Crippen LogP contribution in [0.2, 0.25) is 0 Å². The molecule has 1 aliphatic rings. The van der Waals surface area contributed by atoms with Crippen molar-refractivity contribution in [3.8, 4) is 5.75 Å². The summed E-state index contributed by atoms with van der Waals surface area (Å²) < 4.78 is 7.13. The average molecular weight is 316 g/mol. The normalized spacial score (nSPS) is 20.7. The lowest BCUT2D eigenvalue weighted by atomic mass is 10.0. The summed E-state index contributed by atoms with van der Waals surface area (Å²) in [6.45, 7) is 1.55. The van der Waals surface area contributed by atoms with Crippen LogP contribution in [0.5, 0.6) is 5.75 Å². The Balaban J connectivity index is 1.45. The van der Waals surface area contributed by atoms with Crippen molar-refractivity contribution in [1.82, 2.24) is 19.9 Å². The smallest absolute Gasteiger partial charge is 0.226 e. The maximum absolute atomic E-state index is 12.2. The first kappa shape index (κ1) is 15.5. The highest BCUT2D eigenvalue weighted by Crippen LogP contribution is 2.23.